The summed E-state index contributed by atoms with van der Waals surface area (Å²) in [5.41, 5.74) is 13.2. The van der Waals surface area contributed by atoms with Crippen molar-refractivity contribution in [2.45, 2.75) is 105 Å². The van der Waals surface area contributed by atoms with Crippen LogP contribution < -0.4 is 24.8 Å². The second kappa shape index (κ2) is 16.3. The number of hydrogen-bond acceptors (Lipinski definition) is 0. The van der Waals surface area contributed by atoms with Gasteiger partial charge in [-0.05, 0) is 11.1 Å². The number of rotatable bonds is 2. The van der Waals surface area contributed by atoms with Gasteiger partial charge in [-0.1, -0.05) is 88.1 Å². The Bertz CT molecular complexity index is 2130. The van der Waals surface area contributed by atoms with Gasteiger partial charge in [-0.3, -0.25) is 6.08 Å². The minimum Gasteiger partial charge on any atom is -1.00 e. The molecule has 0 heterocycles. The van der Waals surface area contributed by atoms with Crippen LogP contribution in [0.15, 0.2) is 109 Å². The van der Waals surface area contributed by atoms with Crippen LogP contribution in [-0.4, -0.2) is 3.21 Å². The van der Waals surface area contributed by atoms with Gasteiger partial charge in [-0.15, -0.1) is 46.7 Å². The van der Waals surface area contributed by atoms with E-state index in [9.17, 15) is 0 Å². The van der Waals surface area contributed by atoms with Gasteiger partial charge in [0.2, 0.25) is 0 Å². The third-order valence-corrected chi connectivity index (χ3v) is 12.4. The van der Waals surface area contributed by atoms with Gasteiger partial charge in [-0.2, -0.15) is 6.08 Å². The molecule has 3 heteroatoms. The Morgan fingerprint density at radius 3 is 1.33 bits per heavy atom. The molecule has 5 aromatic carbocycles. The normalized spacial score (nSPS) is 17.1. The summed E-state index contributed by atoms with van der Waals surface area (Å²) in [7, 11) is 0. The van der Waals surface area contributed by atoms with Gasteiger partial charge >= 0.3 is 151 Å². The zero-order valence-electron chi connectivity index (χ0n) is 34.3. The van der Waals surface area contributed by atoms with Crippen LogP contribution >= 0.6 is 0 Å². The van der Waals surface area contributed by atoms with Crippen LogP contribution in [0.4, 0.5) is 0 Å². The number of benzene rings is 4. The predicted octanol–water partition coefficient (Wildman–Crippen LogP) is 7.67. The van der Waals surface area contributed by atoms with Gasteiger partial charge in [0.05, 0.1) is 0 Å². The first kappa shape index (κ1) is 43.8. The fourth-order valence-corrected chi connectivity index (χ4v) is 8.32. The Kier molecular flexibility index (Phi) is 13.2. The average molecular weight is 831 g/mol. The maximum absolute atomic E-state index is 3.15. The summed E-state index contributed by atoms with van der Waals surface area (Å²) in [4.78, 5) is 0. The van der Waals surface area contributed by atoms with Crippen molar-refractivity contribution in [3.8, 4) is 0 Å². The smallest absolute Gasteiger partial charge is 0.00151 e. The molecular formula is C51H56Cl2Zr-2. The predicted molar refractivity (Wildman–Crippen MR) is 225 cm³/mol. The van der Waals surface area contributed by atoms with E-state index in [0.717, 1.165) is 0 Å². The van der Waals surface area contributed by atoms with Gasteiger partial charge in [0.25, 0.3) is 0 Å². The molecule has 0 fully saturated rings. The summed E-state index contributed by atoms with van der Waals surface area (Å²) in [6, 6.07) is 30.1. The average Bonchev–Trinajstić information content (AvgIpc) is 3.81. The molecule has 0 saturated heterocycles. The SMILES string of the molecule is CC(C)(C)c1ccc([C](=[Zr+2])c2ccc(C(C)(C)C)cc2)cc1.CC1(C)C=Cc2cc3c(cc21)[cH-]c1cc2c(cc13)C=CC2(C)C.CC1=CC(C)[C-]=C1.[Cl-].[Cl-]. The number of allylic oxidation sites excluding steroid dienone is 6. The van der Waals surface area contributed by atoms with E-state index in [-0.39, 0.29) is 46.5 Å². The Hall–Kier alpha value is -2.96. The van der Waals surface area contributed by atoms with Crippen molar-refractivity contribution in [1.29, 1.82) is 0 Å². The summed E-state index contributed by atoms with van der Waals surface area (Å²) in [5, 5.41) is 5.53. The zero-order chi connectivity index (χ0) is 37.8. The third kappa shape index (κ3) is 9.35. The summed E-state index contributed by atoms with van der Waals surface area (Å²) in [5.74, 6) is 0.556. The quantitative estimate of drug-likeness (QED) is 0.161. The molecule has 5 aromatic rings. The van der Waals surface area contributed by atoms with Crippen molar-refractivity contribution in [2.75, 3.05) is 0 Å². The zero-order valence-corrected chi connectivity index (χ0v) is 38.3. The Balaban J connectivity index is 0.000000198. The molecule has 0 radical (unpaired) electrons. The molecular weight excluding hydrogens is 775 g/mol. The van der Waals surface area contributed by atoms with E-state index in [1.165, 1.54) is 99.1 Å². The first-order chi connectivity index (χ1) is 24.2. The molecule has 3 aliphatic rings. The molecule has 0 N–H and O–H groups in total. The van der Waals surface area contributed by atoms with Crippen molar-refractivity contribution >= 4 is 36.9 Å². The fraction of sp³-hybridized carbons (Fsp3) is 0.333. The van der Waals surface area contributed by atoms with Gasteiger partial charge in [0, 0.05) is 10.8 Å². The Morgan fingerprint density at radius 2 is 1.04 bits per heavy atom. The van der Waals surface area contributed by atoms with Crippen LogP contribution in [0.5, 0.6) is 0 Å². The van der Waals surface area contributed by atoms with Crippen LogP contribution in [0.1, 0.15) is 128 Å². The molecule has 280 valence electrons. The largest absolute Gasteiger partial charge is 1.00 e. The summed E-state index contributed by atoms with van der Waals surface area (Å²) in [6.45, 7) is 27.0. The topological polar surface area (TPSA) is 0 Å². The minimum absolute atomic E-state index is 0. The van der Waals surface area contributed by atoms with Crippen molar-refractivity contribution in [3.63, 3.8) is 0 Å². The fourth-order valence-electron chi connectivity index (χ4n) is 7.50. The molecule has 3 aliphatic carbocycles. The molecule has 0 nitrogen and oxygen atoms in total. The van der Waals surface area contributed by atoms with Crippen LogP contribution in [0.25, 0.3) is 33.7 Å². The van der Waals surface area contributed by atoms with Gasteiger partial charge in [-0.25, -0.2) is 11.6 Å². The molecule has 54 heavy (non-hydrogen) atoms. The summed E-state index contributed by atoms with van der Waals surface area (Å²) in [6.07, 6.45) is 16.6. The van der Waals surface area contributed by atoms with Crippen molar-refractivity contribution < 1.29 is 49.0 Å². The standard InChI is InChI=1S/C23H21.C21H26.C7H9.2ClH.Zr/c1-22(2)7-5-14-10-18-16(12-20(14)22)9-17-13-21-15(11-19(17)18)6-8-23(21,3)4;1-20(2,3)18-11-7-16(8-12-18)15-17-9-13-19(14-10-17)21(4,5)6;1-6-3-4-7(2)5-6;;;/h5-13H,1-4H3;7-14H,1-6H3;3,5,7H,1-2H3;2*1H;/q-1;;-1;;;+2/p-2. The molecule has 1 atom stereocenters. The maximum Gasteiger partial charge on any atom is 0.00151 e. The molecule has 0 spiro atoms. The Labute approximate surface area is 353 Å². The number of halogens is 2. The van der Waals surface area contributed by atoms with Crippen LogP contribution in [0, 0.1) is 12.0 Å². The van der Waals surface area contributed by atoms with Gasteiger partial charge in [0.1, 0.15) is 0 Å². The number of fused-ring (bicyclic) bond motifs is 5. The molecule has 1 unspecified atom stereocenters. The molecule has 8 rings (SSSR count). The minimum atomic E-state index is 0. The van der Waals surface area contributed by atoms with Crippen molar-refractivity contribution in [3.05, 3.63) is 159 Å². The van der Waals surface area contributed by atoms with Crippen molar-refractivity contribution in [1.82, 2.24) is 0 Å². The van der Waals surface area contributed by atoms with E-state index in [1.54, 1.807) is 0 Å². The second-order valence-electron chi connectivity index (χ2n) is 18.3. The van der Waals surface area contributed by atoms with E-state index >= 15 is 0 Å². The van der Waals surface area contributed by atoms with Crippen LogP contribution in [-0.2, 0) is 45.9 Å². The molecule has 0 amide bonds. The van der Waals surface area contributed by atoms with Crippen molar-refractivity contribution in [2.24, 2.45) is 5.92 Å². The molecule has 0 aliphatic heterocycles. The molecule has 0 aromatic heterocycles. The summed E-state index contributed by atoms with van der Waals surface area (Å²) < 4.78 is 1.42. The van der Waals surface area contributed by atoms with E-state index in [1.807, 2.05) is 6.08 Å². The van der Waals surface area contributed by atoms with E-state index in [0.29, 0.717) is 5.92 Å². The monoisotopic (exact) mass is 828 g/mol. The van der Waals surface area contributed by atoms with E-state index in [4.69, 9.17) is 0 Å². The third-order valence-electron chi connectivity index (χ3n) is 11.0. The van der Waals surface area contributed by atoms with E-state index in [2.05, 4.69) is 198 Å². The van der Waals surface area contributed by atoms with Gasteiger partial charge in [0.15, 0.2) is 0 Å². The Morgan fingerprint density at radius 1 is 0.648 bits per heavy atom. The maximum atomic E-state index is 3.15. The van der Waals surface area contributed by atoms with E-state index < -0.39 is 0 Å². The first-order valence-electron chi connectivity index (χ1n) is 18.9. The van der Waals surface area contributed by atoms with Gasteiger partial charge < -0.3 is 24.8 Å². The second-order valence-corrected chi connectivity index (χ2v) is 19.6. The molecule has 0 bridgehead atoms. The summed E-state index contributed by atoms with van der Waals surface area (Å²) >= 11 is 1.46. The van der Waals surface area contributed by atoms with Crippen LogP contribution in [0.3, 0.4) is 0 Å². The molecule has 0 saturated carbocycles. The van der Waals surface area contributed by atoms with Crippen LogP contribution in [0.2, 0.25) is 0 Å². The number of hydrogen-bond donors (Lipinski definition) is 0. The first-order valence-corrected chi connectivity index (χ1v) is 20.1.